The first kappa shape index (κ1) is 19.6. The van der Waals surface area contributed by atoms with E-state index in [2.05, 4.69) is 53.3 Å². The number of nitrogens with one attached hydrogen (secondary N) is 1. The Balaban J connectivity index is 1.55. The van der Waals surface area contributed by atoms with Crippen LogP contribution in [-0.4, -0.2) is 31.4 Å². The zero-order chi connectivity index (χ0) is 20.4. The van der Waals surface area contributed by atoms with Crippen LogP contribution in [0, 0.1) is 12.3 Å². The summed E-state index contributed by atoms with van der Waals surface area (Å²) in [4.78, 5) is 20.9. The molecule has 0 bridgehead atoms. The van der Waals surface area contributed by atoms with Crippen molar-refractivity contribution in [2.45, 2.75) is 44.8 Å². The maximum atomic E-state index is 12.6. The lowest BCUT2D eigenvalue weighted by Crippen LogP contribution is -2.37. The summed E-state index contributed by atoms with van der Waals surface area (Å²) in [7, 11) is 0. The highest BCUT2D eigenvalue weighted by Gasteiger charge is 2.36. The van der Waals surface area contributed by atoms with Crippen molar-refractivity contribution in [1.82, 2.24) is 25.1 Å². The molecular weight excluding hydrogens is 382 g/mol. The highest BCUT2D eigenvalue weighted by atomic mass is 32.2. The number of hydrogen-bond acceptors (Lipinski definition) is 5. The third-order valence-electron chi connectivity index (χ3n) is 5.23. The first-order valence-electron chi connectivity index (χ1n) is 9.75. The van der Waals surface area contributed by atoms with E-state index < -0.39 is 0 Å². The van der Waals surface area contributed by atoms with E-state index in [1.165, 1.54) is 23.0 Å². The maximum Gasteiger partial charge on any atom is 0.230 e. The fourth-order valence-corrected chi connectivity index (χ4v) is 4.52. The van der Waals surface area contributed by atoms with Crippen LogP contribution in [0.2, 0.25) is 0 Å². The maximum absolute atomic E-state index is 12.6. The average Bonchev–Trinajstić information content (AvgIpc) is 3.10. The second kappa shape index (κ2) is 7.99. The van der Waals surface area contributed by atoms with Gasteiger partial charge in [0.15, 0.2) is 5.16 Å². The van der Waals surface area contributed by atoms with E-state index in [9.17, 15) is 4.79 Å². The van der Waals surface area contributed by atoms with Crippen molar-refractivity contribution < 1.29 is 4.79 Å². The molecule has 1 aliphatic carbocycles. The molecule has 0 aliphatic heterocycles. The minimum Gasteiger partial charge on any atom is -0.348 e. The summed E-state index contributed by atoms with van der Waals surface area (Å²) in [5.74, 6) is 0.280. The highest BCUT2D eigenvalue weighted by molar-refractivity contribution is 7.99. The fraction of sp³-hybridized carbons (Fsp3) is 0.364. The molecule has 1 unspecified atom stereocenters. The summed E-state index contributed by atoms with van der Waals surface area (Å²) < 4.78 is 2.04. The number of carbonyl (C=O) groups excluding carboxylic acids is 1. The molecular formula is C22H25N5OS. The molecule has 1 aromatic carbocycles. The van der Waals surface area contributed by atoms with Crippen LogP contribution in [0.15, 0.2) is 54.1 Å². The van der Waals surface area contributed by atoms with Crippen LogP contribution in [0.1, 0.15) is 43.1 Å². The Morgan fingerprint density at radius 3 is 2.76 bits per heavy atom. The minimum absolute atomic E-state index is 0.0141. The van der Waals surface area contributed by atoms with E-state index in [0.717, 1.165) is 24.1 Å². The van der Waals surface area contributed by atoms with Gasteiger partial charge in [0.2, 0.25) is 5.91 Å². The van der Waals surface area contributed by atoms with E-state index in [0.29, 0.717) is 10.9 Å². The number of para-hydroxylation sites is 1. The number of rotatable bonds is 5. The molecule has 0 saturated heterocycles. The third-order valence-corrected chi connectivity index (χ3v) is 6.11. The molecule has 0 radical (unpaired) electrons. The molecule has 29 heavy (non-hydrogen) atoms. The van der Waals surface area contributed by atoms with Gasteiger partial charge in [0, 0.05) is 18.0 Å². The Morgan fingerprint density at radius 1 is 1.24 bits per heavy atom. The molecule has 0 spiro atoms. The van der Waals surface area contributed by atoms with Crippen molar-refractivity contribution in [2.75, 3.05) is 5.75 Å². The third kappa shape index (κ3) is 4.34. The van der Waals surface area contributed by atoms with E-state index in [4.69, 9.17) is 0 Å². The van der Waals surface area contributed by atoms with Crippen LogP contribution in [-0.2, 0) is 11.2 Å². The molecule has 1 amide bonds. The Morgan fingerprint density at radius 2 is 2.00 bits per heavy atom. The SMILES string of the molecule is Cc1ccccc1-n1ncc2c1CC(C)(C)CC2NC(=O)CSc1ncccn1. The zero-order valence-corrected chi connectivity index (χ0v) is 17.7. The Hall–Kier alpha value is -2.67. The van der Waals surface area contributed by atoms with Gasteiger partial charge in [-0.15, -0.1) is 0 Å². The molecule has 1 aliphatic rings. The van der Waals surface area contributed by atoms with Gasteiger partial charge >= 0.3 is 0 Å². The van der Waals surface area contributed by atoms with Crippen molar-refractivity contribution in [1.29, 1.82) is 0 Å². The van der Waals surface area contributed by atoms with Crippen molar-refractivity contribution in [3.63, 3.8) is 0 Å². The number of aryl methyl sites for hydroxylation is 1. The largest absolute Gasteiger partial charge is 0.348 e. The Kier molecular flexibility index (Phi) is 5.41. The van der Waals surface area contributed by atoms with Crippen LogP contribution < -0.4 is 5.32 Å². The van der Waals surface area contributed by atoms with Crippen molar-refractivity contribution in [3.05, 3.63) is 65.7 Å². The van der Waals surface area contributed by atoms with Gasteiger partial charge in [-0.05, 0) is 42.9 Å². The number of amides is 1. The van der Waals surface area contributed by atoms with Crippen molar-refractivity contribution in [3.8, 4) is 5.69 Å². The summed E-state index contributed by atoms with van der Waals surface area (Å²) in [6.07, 6.45) is 7.09. The molecule has 7 heteroatoms. The summed E-state index contributed by atoms with van der Waals surface area (Å²) in [6, 6.07) is 9.98. The highest BCUT2D eigenvalue weighted by Crippen LogP contribution is 2.41. The van der Waals surface area contributed by atoms with Gasteiger partial charge in [-0.3, -0.25) is 4.79 Å². The molecule has 0 saturated carbocycles. The van der Waals surface area contributed by atoms with Crippen LogP contribution in [0.25, 0.3) is 5.69 Å². The molecule has 1 N–H and O–H groups in total. The first-order chi connectivity index (χ1) is 13.9. The van der Waals surface area contributed by atoms with Crippen molar-refractivity contribution >= 4 is 17.7 Å². The molecule has 1 atom stereocenters. The molecule has 2 aromatic heterocycles. The predicted octanol–water partition coefficient (Wildman–Crippen LogP) is 3.89. The summed E-state index contributed by atoms with van der Waals surface area (Å²) >= 11 is 1.35. The standard InChI is InChI=1S/C22H25N5OS/c1-15-7-4-5-8-18(15)27-19-12-22(2,3)11-17(16(19)13-25-27)26-20(28)14-29-21-23-9-6-10-24-21/h4-10,13,17H,11-12,14H2,1-3H3,(H,26,28). The van der Waals surface area contributed by atoms with E-state index in [1.807, 2.05) is 23.0 Å². The normalized spacial score (nSPS) is 17.6. The van der Waals surface area contributed by atoms with Crippen LogP contribution in [0.3, 0.4) is 0 Å². The lowest BCUT2D eigenvalue weighted by molar-refractivity contribution is -0.119. The van der Waals surface area contributed by atoms with Crippen LogP contribution in [0.5, 0.6) is 0 Å². The smallest absolute Gasteiger partial charge is 0.230 e. The van der Waals surface area contributed by atoms with Gasteiger partial charge in [-0.1, -0.05) is 43.8 Å². The van der Waals surface area contributed by atoms with Gasteiger partial charge < -0.3 is 5.32 Å². The summed E-state index contributed by atoms with van der Waals surface area (Å²) in [5.41, 5.74) is 4.64. The lowest BCUT2D eigenvalue weighted by Gasteiger charge is -2.36. The van der Waals surface area contributed by atoms with Gasteiger partial charge in [0.25, 0.3) is 0 Å². The molecule has 3 aromatic rings. The monoisotopic (exact) mass is 407 g/mol. The van der Waals surface area contributed by atoms with Gasteiger partial charge in [0.1, 0.15) is 0 Å². The van der Waals surface area contributed by atoms with Crippen LogP contribution >= 0.6 is 11.8 Å². The summed E-state index contributed by atoms with van der Waals surface area (Å²) in [5, 5.41) is 8.51. The lowest BCUT2D eigenvalue weighted by atomic mass is 9.74. The summed E-state index contributed by atoms with van der Waals surface area (Å²) in [6.45, 7) is 6.59. The van der Waals surface area contributed by atoms with E-state index in [1.54, 1.807) is 18.5 Å². The zero-order valence-electron chi connectivity index (χ0n) is 16.9. The Labute approximate surface area is 175 Å². The number of fused-ring (bicyclic) bond motifs is 1. The molecule has 150 valence electrons. The molecule has 2 heterocycles. The number of benzene rings is 1. The Bertz CT molecular complexity index is 1020. The van der Waals surface area contributed by atoms with Crippen molar-refractivity contribution in [2.24, 2.45) is 5.41 Å². The quantitative estimate of drug-likeness (QED) is 0.513. The predicted molar refractivity (Wildman–Crippen MR) is 114 cm³/mol. The second-order valence-electron chi connectivity index (χ2n) is 8.23. The number of nitrogens with zero attached hydrogens (tertiary/aromatic N) is 4. The van der Waals surface area contributed by atoms with Gasteiger partial charge in [-0.25, -0.2) is 14.6 Å². The second-order valence-corrected chi connectivity index (χ2v) is 9.17. The number of hydrogen-bond donors (Lipinski definition) is 1. The molecule has 0 fully saturated rings. The molecule has 4 rings (SSSR count). The van der Waals surface area contributed by atoms with Crippen LogP contribution in [0.4, 0.5) is 0 Å². The van der Waals surface area contributed by atoms with Gasteiger partial charge in [-0.2, -0.15) is 5.10 Å². The topological polar surface area (TPSA) is 72.7 Å². The fourth-order valence-electron chi connectivity index (χ4n) is 3.91. The number of aromatic nitrogens is 4. The number of carbonyl (C=O) groups is 1. The van der Waals surface area contributed by atoms with Gasteiger partial charge in [0.05, 0.1) is 29.4 Å². The first-order valence-corrected chi connectivity index (χ1v) is 10.7. The number of thioether (sulfide) groups is 1. The average molecular weight is 408 g/mol. The minimum atomic E-state index is -0.0451. The van der Waals surface area contributed by atoms with E-state index >= 15 is 0 Å². The molecule has 6 nitrogen and oxygen atoms in total. The van der Waals surface area contributed by atoms with E-state index in [-0.39, 0.29) is 17.4 Å².